The molecule has 0 unspecified atom stereocenters. The third-order valence-electron chi connectivity index (χ3n) is 4.07. The first-order chi connectivity index (χ1) is 12.6. The van der Waals surface area contributed by atoms with Crippen molar-refractivity contribution in [2.24, 2.45) is 0 Å². The lowest BCUT2D eigenvalue weighted by Gasteiger charge is -2.09. The van der Waals surface area contributed by atoms with Crippen LogP contribution in [0.4, 0.5) is 0 Å². The number of esters is 1. The molecule has 0 amide bonds. The summed E-state index contributed by atoms with van der Waals surface area (Å²) in [6.07, 6.45) is 0. The van der Waals surface area contributed by atoms with E-state index < -0.39 is 0 Å². The van der Waals surface area contributed by atoms with Gasteiger partial charge in [-0.15, -0.1) is 11.3 Å². The molecule has 3 nitrogen and oxygen atoms in total. The second-order valence-electron chi connectivity index (χ2n) is 6.25. The number of nitrogens with zero attached hydrogens (tertiary/aromatic N) is 1. The van der Waals surface area contributed by atoms with Gasteiger partial charge in [0.2, 0.25) is 0 Å². The maximum absolute atomic E-state index is 12.6. The topological polar surface area (TPSA) is 39.2 Å². The number of benzene rings is 3. The number of hydrogen-bond donors (Lipinski definition) is 0. The summed E-state index contributed by atoms with van der Waals surface area (Å²) in [5, 5.41) is 0.843. The van der Waals surface area contributed by atoms with Crippen molar-refractivity contribution in [3.63, 3.8) is 0 Å². The summed E-state index contributed by atoms with van der Waals surface area (Å²) >= 11 is 1.59. The van der Waals surface area contributed by atoms with E-state index in [9.17, 15) is 4.79 Å². The maximum atomic E-state index is 12.6. The van der Waals surface area contributed by atoms with Crippen molar-refractivity contribution in [1.82, 2.24) is 4.98 Å². The van der Waals surface area contributed by atoms with E-state index in [-0.39, 0.29) is 5.97 Å². The molecular formula is C22H17NO2S. The monoisotopic (exact) mass is 359 g/mol. The average molecular weight is 359 g/mol. The highest BCUT2D eigenvalue weighted by molar-refractivity contribution is 7.21. The lowest BCUT2D eigenvalue weighted by Crippen LogP contribution is -2.09. The van der Waals surface area contributed by atoms with E-state index in [4.69, 9.17) is 4.74 Å². The van der Waals surface area contributed by atoms with Gasteiger partial charge < -0.3 is 4.74 Å². The molecule has 0 spiro atoms. The van der Waals surface area contributed by atoms with Crippen molar-refractivity contribution in [3.8, 4) is 16.3 Å². The number of para-hydroxylation sites is 2. The Kier molecular flexibility index (Phi) is 4.27. The van der Waals surface area contributed by atoms with Crippen LogP contribution in [0, 0.1) is 13.8 Å². The summed E-state index contributed by atoms with van der Waals surface area (Å²) in [4.78, 5) is 17.3. The molecule has 0 radical (unpaired) electrons. The van der Waals surface area contributed by atoms with Crippen molar-refractivity contribution >= 4 is 27.5 Å². The van der Waals surface area contributed by atoms with E-state index in [1.54, 1.807) is 11.3 Å². The molecule has 0 saturated carbocycles. The third kappa shape index (κ3) is 3.24. The molecule has 4 rings (SSSR count). The van der Waals surface area contributed by atoms with E-state index in [0.717, 1.165) is 31.9 Å². The summed E-state index contributed by atoms with van der Waals surface area (Å²) < 4.78 is 6.83. The van der Waals surface area contributed by atoms with Crippen LogP contribution in [0.5, 0.6) is 5.75 Å². The first-order valence-electron chi connectivity index (χ1n) is 8.35. The molecule has 128 valence electrons. The second kappa shape index (κ2) is 6.73. The largest absolute Gasteiger partial charge is 0.422 e. The number of aryl methyl sites for hydroxylation is 2. The van der Waals surface area contributed by atoms with Crippen molar-refractivity contribution in [1.29, 1.82) is 0 Å². The van der Waals surface area contributed by atoms with Gasteiger partial charge in [0, 0.05) is 0 Å². The summed E-state index contributed by atoms with van der Waals surface area (Å²) in [5.41, 5.74) is 4.41. The molecule has 0 aliphatic rings. The quantitative estimate of drug-likeness (QED) is 0.343. The fraction of sp³-hybridized carbons (Fsp3) is 0.0909. The van der Waals surface area contributed by atoms with Crippen LogP contribution in [-0.4, -0.2) is 11.0 Å². The molecule has 0 fully saturated rings. The number of carbonyl (C=O) groups excluding carboxylic acids is 1. The zero-order chi connectivity index (χ0) is 18.1. The molecule has 3 aromatic carbocycles. The number of carbonyl (C=O) groups is 1. The molecule has 0 saturated heterocycles. The first-order valence-corrected chi connectivity index (χ1v) is 9.17. The smallest absolute Gasteiger partial charge is 0.343 e. The minimum Gasteiger partial charge on any atom is -0.422 e. The number of aromatic nitrogens is 1. The minimum absolute atomic E-state index is 0.356. The van der Waals surface area contributed by atoms with E-state index >= 15 is 0 Å². The van der Waals surface area contributed by atoms with E-state index in [0.29, 0.717) is 11.3 Å². The minimum atomic E-state index is -0.356. The molecule has 0 aliphatic heterocycles. The summed E-state index contributed by atoms with van der Waals surface area (Å²) in [5.74, 6) is 0.168. The number of ether oxygens (including phenoxy) is 1. The van der Waals surface area contributed by atoms with Crippen molar-refractivity contribution in [2.45, 2.75) is 13.8 Å². The summed E-state index contributed by atoms with van der Waals surface area (Å²) in [7, 11) is 0. The number of thiazole rings is 1. The van der Waals surface area contributed by atoms with Crippen LogP contribution in [0.1, 0.15) is 21.5 Å². The van der Waals surface area contributed by atoms with Gasteiger partial charge in [-0.3, -0.25) is 0 Å². The van der Waals surface area contributed by atoms with Gasteiger partial charge in [-0.25, -0.2) is 9.78 Å². The molecule has 4 aromatic rings. The number of rotatable bonds is 3. The fourth-order valence-corrected chi connectivity index (χ4v) is 3.97. The van der Waals surface area contributed by atoms with Gasteiger partial charge in [0.1, 0.15) is 10.8 Å². The SMILES string of the molecule is Cc1cc(C)cc(C(=O)Oc2ccccc2-c2nc3ccccc3s2)c1. The van der Waals surface area contributed by atoms with Crippen LogP contribution in [0.15, 0.2) is 66.7 Å². The number of hydrogen-bond acceptors (Lipinski definition) is 4. The third-order valence-corrected chi connectivity index (χ3v) is 5.14. The van der Waals surface area contributed by atoms with Crippen LogP contribution >= 0.6 is 11.3 Å². The van der Waals surface area contributed by atoms with Crippen LogP contribution in [0.25, 0.3) is 20.8 Å². The van der Waals surface area contributed by atoms with E-state index in [2.05, 4.69) is 4.98 Å². The van der Waals surface area contributed by atoms with Gasteiger partial charge in [0.15, 0.2) is 0 Å². The Bertz CT molecular complexity index is 1060. The van der Waals surface area contributed by atoms with Crippen LogP contribution < -0.4 is 4.74 Å². The highest BCUT2D eigenvalue weighted by atomic mass is 32.1. The molecule has 4 heteroatoms. The standard InChI is InChI=1S/C22H17NO2S/c1-14-11-15(2)13-16(12-14)22(24)25-19-9-5-3-7-17(19)21-23-18-8-4-6-10-20(18)26-21/h3-13H,1-2H3. The van der Waals surface area contributed by atoms with E-state index in [1.165, 1.54) is 0 Å². The van der Waals surface area contributed by atoms with Gasteiger partial charge in [0.25, 0.3) is 0 Å². The lowest BCUT2D eigenvalue weighted by atomic mass is 10.1. The molecule has 0 bridgehead atoms. The number of fused-ring (bicyclic) bond motifs is 1. The van der Waals surface area contributed by atoms with Gasteiger partial charge in [-0.1, -0.05) is 41.5 Å². The molecule has 0 N–H and O–H groups in total. The summed E-state index contributed by atoms with van der Waals surface area (Å²) in [6, 6.07) is 21.2. The predicted molar refractivity (Wildman–Crippen MR) is 106 cm³/mol. The Morgan fingerprint density at radius 3 is 2.38 bits per heavy atom. The molecule has 1 aromatic heterocycles. The maximum Gasteiger partial charge on any atom is 0.343 e. The predicted octanol–water partition coefficient (Wildman–Crippen LogP) is 5.80. The van der Waals surface area contributed by atoms with Crippen LogP contribution in [-0.2, 0) is 0 Å². The molecule has 26 heavy (non-hydrogen) atoms. The average Bonchev–Trinajstić information content (AvgIpc) is 3.05. The molecule has 1 heterocycles. The van der Waals surface area contributed by atoms with Crippen molar-refractivity contribution in [2.75, 3.05) is 0 Å². The first kappa shape index (κ1) is 16.5. The zero-order valence-electron chi connectivity index (χ0n) is 14.5. The van der Waals surface area contributed by atoms with Crippen LogP contribution in [0.2, 0.25) is 0 Å². The molecule has 0 atom stereocenters. The Hall–Kier alpha value is -2.98. The van der Waals surface area contributed by atoms with Gasteiger partial charge in [0.05, 0.1) is 21.3 Å². The van der Waals surface area contributed by atoms with Crippen molar-refractivity contribution in [3.05, 3.63) is 83.4 Å². The lowest BCUT2D eigenvalue weighted by molar-refractivity contribution is 0.0735. The van der Waals surface area contributed by atoms with Gasteiger partial charge in [-0.05, 0) is 50.2 Å². The summed E-state index contributed by atoms with van der Waals surface area (Å²) in [6.45, 7) is 3.94. The Labute approximate surface area is 155 Å². The normalized spacial score (nSPS) is 10.8. The Morgan fingerprint density at radius 2 is 1.62 bits per heavy atom. The van der Waals surface area contributed by atoms with E-state index in [1.807, 2.05) is 80.6 Å². The highest BCUT2D eigenvalue weighted by Crippen LogP contribution is 2.35. The van der Waals surface area contributed by atoms with Gasteiger partial charge in [-0.2, -0.15) is 0 Å². The Morgan fingerprint density at radius 1 is 0.923 bits per heavy atom. The second-order valence-corrected chi connectivity index (χ2v) is 7.28. The zero-order valence-corrected chi connectivity index (χ0v) is 15.3. The highest BCUT2D eigenvalue weighted by Gasteiger charge is 2.15. The van der Waals surface area contributed by atoms with Crippen molar-refractivity contribution < 1.29 is 9.53 Å². The molecular weight excluding hydrogens is 342 g/mol. The van der Waals surface area contributed by atoms with Gasteiger partial charge >= 0.3 is 5.97 Å². The Balaban J connectivity index is 1.70. The fourth-order valence-electron chi connectivity index (χ4n) is 2.97. The molecule has 0 aliphatic carbocycles. The van der Waals surface area contributed by atoms with Crippen LogP contribution in [0.3, 0.4) is 0 Å².